The van der Waals surface area contributed by atoms with Gasteiger partial charge >= 0.3 is 0 Å². The van der Waals surface area contributed by atoms with Crippen LogP contribution in [-0.4, -0.2) is 6.71 Å². The molecule has 0 saturated heterocycles. The van der Waals surface area contributed by atoms with E-state index < -0.39 is 0 Å². The van der Waals surface area contributed by atoms with Crippen LogP contribution in [0.25, 0.3) is 11.1 Å². The van der Waals surface area contributed by atoms with Crippen molar-refractivity contribution in [1.29, 1.82) is 0 Å². The van der Waals surface area contributed by atoms with E-state index in [1.54, 1.807) is 0 Å². The van der Waals surface area contributed by atoms with Gasteiger partial charge in [-0.2, -0.15) is 0 Å². The fourth-order valence-corrected chi connectivity index (χ4v) is 12.9. The zero-order chi connectivity index (χ0) is 48.8. The van der Waals surface area contributed by atoms with Crippen molar-refractivity contribution < 1.29 is 0 Å². The lowest BCUT2D eigenvalue weighted by Gasteiger charge is -2.48. The number of fused-ring (bicyclic) bond motifs is 6. The van der Waals surface area contributed by atoms with Gasteiger partial charge in [0.05, 0.1) is 5.69 Å². The van der Waals surface area contributed by atoms with E-state index >= 15 is 0 Å². The molecule has 7 aromatic rings. The van der Waals surface area contributed by atoms with Gasteiger partial charge in [0.15, 0.2) is 0 Å². The molecule has 0 N–H and O–H groups in total. The van der Waals surface area contributed by atoms with E-state index in [-0.39, 0.29) is 39.2 Å². The highest BCUT2D eigenvalue weighted by molar-refractivity contribution is 7.00. The lowest BCUT2D eigenvalue weighted by atomic mass is 9.33. The van der Waals surface area contributed by atoms with Gasteiger partial charge in [0, 0.05) is 39.4 Å². The maximum Gasteiger partial charge on any atom is 0.252 e. The number of hydrogen-bond acceptors (Lipinski definition) is 2. The van der Waals surface area contributed by atoms with Gasteiger partial charge in [-0.3, -0.25) is 0 Å². The van der Waals surface area contributed by atoms with Gasteiger partial charge in [-0.25, -0.2) is 0 Å². The highest BCUT2D eigenvalue weighted by atomic mass is 15.2. The fraction of sp³-hybridized carbons (Fsp3) is 0.364. The quantitative estimate of drug-likeness (QED) is 0.159. The topological polar surface area (TPSA) is 6.48 Å². The average molecular weight is 905 g/mol. The van der Waals surface area contributed by atoms with Crippen molar-refractivity contribution >= 4 is 57.2 Å². The van der Waals surface area contributed by atoms with Crippen LogP contribution in [0.1, 0.15) is 160 Å². The molecule has 0 fully saturated rings. The first-order valence-corrected chi connectivity index (χ1v) is 26.0. The SMILES string of the molecule is Cc1cc2c3c(c1)N(c1ccc(C(C)(C)C)cc1-c1ccccc1)c1cc(C(C)(C)c4ccccc4)ccc1B3c1cc3c(cc1N2c1ccc2c(c1)C(C)(C)CCC2(C)C)C(C)(C)CCC3(C)C. The summed E-state index contributed by atoms with van der Waals surface area (Å²) in [6, 6.07) is 54.9. The van der Waals surface area contributed by atoms with Crippen LogP contribution in [0, 0.1) is 6.92 Å². The maximum atomic E-state index is 2.70. The summed E-state index contributed by atoms with van der Waals surface area (Å²) in [4.78, 5) is 5.37. The van der Waals surface area contributed by atoms with Crippen LogP contribution in [0.4, 0.5) is 34.1 Å². The second-order valence-electron chi connectivity index (χ2n) is 25.7. The highest BCUT2D eigenvalue weighted by Crippen LogP contribution is 2.54. The third-order valence-corrected chi connectivity index (χ3v) is 17.7. The molecule has 0 saturated carbocycles. The number of benzene rings is 7. The van der Waals surface area contributed by atoms with E-state index in [0.717, 1.165) is 0 Å². The van der Waals surface area contributed by atoms with Gasteiger partial charge in [-0.05, 0) is 175 Å². The summed E-state index contributed by atoms with van der Waals surface area (Å²) < 4.78 is 0. The minimum atomic E-state index is -0.233. The highest BCUT2D eigenvalue weighted by Gasteiger charge is 2.48. The van der Waals surface area contributed by atoms with E-state index in [4.69, 9.17) is 0 Å². The summed E-state index contributed by atoms with van der Waals surface area (Å²) in [7, 11) is 0. The minimum Gasteiger partial charge on any atom is -0.311 e. The third-order valence-electron chi connectivity index (χ3n) is 17.7. The zero-order valence-electron chi connectivity index (χ0n) is 44.1. The van der Waals surface area contributed by atoms with E-state index in [1.165, 1.54) is 132 Å². The summed E-state index contributed by atoms with van der Waals surface area (Å²) >= 11 is 0. The Morgan fingerprint density at radius 3 is 1.58 bits per heavy atom. The van der Waals surface area contributed by atoms with E-state index in [2.05, 4.69) is 246 Å². The third kappa shape index (κ3) is 7.18. The molecule has 0 spiro atoms. The minimum absolute atomic E-state index is 0.0211. The van der Waals surface area contributed by atoms with Gasteiger partial charge in [-0.1, -0.05) is 181 Å². The average Bonchev–Trinajstić information content (AvgIpc) is 3.31. The van der Waals surface area contributed by atoms with E-state index in [0.29, 0.717) is 0 Å². The van der Waals surface area contributed by atoms with E-state index in [9.17, 15) is 0 Å². The van der Waals surface area contributed by atoms with Crippen molar-refractivity contribution in [2.75, 3.05) is 9.80 Å². The number of nitrogens with zero attached hydrogens (tertiary/aromatic N) is 2. The van der Waals surface area contributed by atoms with Gasteiger partial charge in [0.25, 0.3) is 6.71 Å². The smallest absolute Gasteiger partial charge is 0.252 e. The Morgan fingerprint density at radius 2 is 0.957 bits per heavy atom. The molecule has 0 aromatic heterocycles. The molecule has 2 aliphatic heterocycles. The molecule has 2 aliphatic carbocycles. The first-order chi connectivity index (χ1) is 32.5. The molecule has 0 bridgehead atoms. The second-order valence-corrected chi connectivity index (χ2v) is 25.7. The van der Waals surface area contributed by atoms with Crippen LogP contribution in [0.2, 0.25) is 0 Å². The van der Waals surface area contributed by atoms with Crippen molar-refractivity contribution in [2.24, 2.45) is 0 Å². The molecular formula is C66H73BN2. The second kappa shape index (κ2) is 15.4. The fourth-order valence-electron chi connectivity index (χ4n) is 12.9. The molecule has 0 amide bonds. The van der Waals surface area contributed by atoms with E-state index in [1.807, 2.05) is 0 Å². The molecule has 0 atom stereocenters. The van der Waals surface area contributed by atoms with Gasteiger partial charge < -0.3 is 9.80 Å². The van der Waals surface area contributed by atoms with Crippen molar-refractivity contribution in [3.05, 3.63) is 184 Å². The van der Waals surface area contributed by atoms with Crippen LogP contribution in [0.15, 0.2) is 140 Å². The van der Waals surface area contributed by atoms with Gasteiger partial charge in [0.1, 0.15) is 0 Å². The monoisotopic (exact) mass is 905 g/mol. The Bertz CT molecular complexity index is 3200. The predicted molar refractivity (Wildman–Crippen MR) is 298 cm³/mol. The lowest BCUT2D eigenvalue weighted by molar-refractivity contribution is 0.332. The number of aryl methyl sites for hydroxylation is 1. The molecule has 2 nitrogen and oxygen atoms in total. The molecule has 0 radical (unpaired) electrons. The molecule has 350 valence electrons. The largest absolute Gasteiger partial charge is 0.311 e. The first kappa shape index (κ1) is 45.6. The van der Waals surface area contributed by atoms with Gasteiger partial charge in [-0.15, -0.1) is 0 Å². The Balaban J connectivity index is 1.26. The summed E-state index contributed by atoms with van der Waals surface area (Å²) in [5.74, 6) is 0. The predicted octanol–water partition coefficient (Wildman–Crippen LogP) is 16.1. The van der Waals surface area contributed by atoms with Crippen LogP contribution in [0.5, 0.6) is 0 Å². The van der Waals surface area contributed by atoms with Crippen molar-refractivity contribution in [1.82, 2.24) is 0 Å². The number of hydrogen-bond donors (Lipinski definition) is 0. The van der Waals surface area contributed by atoms with Crippen LogP contribution in [0.3, 0.4) is 0 Å². The van der Waals surface area contributed by atoms with Crippen molar-refractivity contribution in [2.45, 2.75) is 155 Å². The molecule has 69 heavy (non-hydrogen) atoms. The number of rotatable bonds is 5. The Labute approximate surface area is 415 Å². The molecule has 4 aliphatic rings. The van der Waals surface area contributed by atoms with Crippen molar-refractivity contribution in [3.63, 3.8) is 0 Å². The standard InChI is InChI=1S/C66H73BN2/c1-42-35-58-60-59(36-42)69(55-30-26-45(61(2,3)4)37-48(55)43-21-17-15-18-22-43)56-38-46(66(13,14)44-23-19-16-20-24-44)25-29-53(56)67(60)54-40-51-52(65(11,12)34-33-64(51,9)10)41-57(54)68(58)47-27-28-49-50(39-47)63(7,8)32-31-62(49,5)6/h15-30,35-41H,31-34H2,1-14H3. The maximum absolute atomic E-state index is 2.70. The lowest BCUT2D eigenvalue weighted by Crippen LogP contribution is -2.62. The normalized spacial score (nSPS) is 18.1. The molecule has 11 rings (SSSR count). The summed E-state index contributed by atoms with van der Waals surface area (Å²) in [6.45, 7) is 33.9. The van der Waals surface area contributed by atoms with Crippen LogP contribution >= 0.6 is 0 Å². The van der Waals surface area contributed by atoms with Crippen LogP contribution in [-0.2, 0) is 32.5 Å². The van der Waals surface area contributed by atoms with Crippen molar-refractivity contribution in [3.8, 4) is 11.1 Å². The molecular weight excluding hydrogens is 832 g/mol. The molecule has 3 heteroatoms. The molecule has 2 heterocycles. The first-order valence-electron chi connectivity index (χ1n) is 26.0. The summed E-state index contributed by atoms with van der Waals surface area (Å²) in [5.41, 5.74) is 25.5. The van der Waals surface area contributed by atoms with Crippen LogP contribution < -0.4 is 26.2 Å². The molecule has 7 aromatic carbocycles. The Hall–Kier alpha value is -5.80. The number of anilines is 6. The zero-order valence-corrected chi connectivity index (χ0v) is 44.1. The Kier molecular flexibility index (Phi) is 10.2. The van der Waals surface area contributed by atoms with Gasteiger partial charge in [0.2, 0.25) is 0 Å². The molecule has 0 unspecified atom stereocenters. The summed E-state index contributed by atoms with van der Waals surface area (Å²) in [6.07, 6.45) is 4.72. The Morgan fingerprint density at radius 1 is 0.420 bits per heavy atom. The summed E-state index contributed by atoms with van der Waals surface area (Å²) in [5, 5.41) is 0.